The van der Waals surface area contributed by atoms with Crippen molar-refractivity contribution >= 4 is 22.9 Å². The van der Waals surface area contributed by atoms with Gasteiger partial charge in [0, 0.05) is 28.2 Å². The molecule has 0 saturated carbocycles. The average Bonchev–Trinajstić information content (AvgIpc) is 3.05. The highest BCUT2D eigenvalue weighted by Crippen LogP contribution is 2.46. The van der Waals surface area contributed by atoms with E-state index < -0.39 is 11.7 Å². The normalized spacial score (nSPS) is 16.7. The molecule has 0 spiro atoms. The fourth-order valence-corrected chi connectivity index (χ4v) is 4.40. The molecule has 1 aliphatic heterocycles. The molecule has 1 aromatic heterocycles. The van der Waals surface area contributed by atoms with Gasteiger partial charge < -0.3 is 5.32 Å². The van der Waals surface area contributed by atoms with Crippen LogP contribution in [0.15, 0.2) is 53.9 Å². The van der Waals surface area contributed by atoms with Gasteiger partial charge in [-0.15, -0.1) is 11.3 Å². The van der Waals surface area contributed by atoms with E-state index in [4.69, 9.17) is 0 Å². The van der Waals surface area contributed by atoms with E-state index >= 15 is 0 Å². The van der Waals surface area contributed by atoms with E-state index in [9.17, 15) is 22.4 Å². The summed E-state index contributed by atoms with van der Waals surface area (Å²) in [7, 11) is 0. The van der Waals surface area contributed by atoms with Crippen molar-refractivity contribution in [3.63, 3.8) is 0 Å². The minimum Gasteiger partial charge on any atom is -0.325 e. The van der Waals surface area contributed by atoms with Gasteiger partial charge in [0.1, 0.15) is 5.82 Å². The van der Waals surface area contributed by atoms with Gasteiger partial charge in [0.25, 0.3) is 0 Å². The fraction of sp³-hybridized carbons (Fsp3) is 0.150. The predicted octanol–water partition coefficient (Wildman–Crippen LogP) is 6.05. The summed E-state index contributed by atoms with van der Waals surface area (Å²) in [6.07, 6.45) is -4.23. The molecule has 1 N–H and O–H groups in total. The van der Waals surface area contributed by atoms with Crippen LogP contribution in [0.1, 0.15) is 28.3 Å². The van der Waals surface area contributed by atoms with Crippen LogP contribution >= 0.6 is 11.3 Å². The van der Waals surface area contributed by atoms with Crippen LogP contribution in [0.25, 0.3) is 11.1 Å². The van der Waals surface area contributed by atoms with Crippen molar-refractivity contribution < 1.29 is 22.4 Å². The van der Waals surface area contributed by atoms with Crippen LogP contribution in [0.2, 0.25) is 0 Å². The number of benzene rings is 2. The number of carbonyl (C=O) groups is 1. The molecule has 3 aromatic rings. The summed E-state index contributed by atoms with van der Waals surface area (Å²) < 4.78 is 51.6. The quantitative estimate of drug-likeness (QED) is 0.530. The Hall–Kier alpha value is -2.67. The number of amides is 1. The van der Waals surface area contributed by atoms with Crippen molar-refractivity contribution in [2.75, 3.05) is 5.32 Å². The molecule has 2 aromatic carbocycles. The summed E-state index contributed by atoms with van der Waals surface area (Å²) in [5, 5.41) is 4.73. The molecule has 4 rings (SSSR count). The Morgan fingerprint density at radius 3 is 2.30 bits per heavy atom. The molecule has 27 heavy (non-hydrogen) atoms. The number of fused-ring (bicyclic) bond motifs is 1. The zero-order valence-electron chi connectivity index (χ0n) is 13.8. The summed E-state index contributed by atoms with van der Waals surface area (Å²) in [4.78, 5) is 13.1. The Morgan fingerprint density at radius 1 is 1.00 bits per heavy atom. The molecule has 0 radical (unpaired) electrons. The standard InChI is InChI=1S/C20H13F4NOS/c21-14-7-3-12(4-8-14)16-10-27-19-15(9-17(26)25-18(16)19)11-1-5-13(6-2-11)20(22,23)24/h1-8,10,15H,9H2,(H,25,26)/t15-/m1/s1. The molecule has 0 unspecified atom stereocenters. The molecule has 7 heteroatoms. The van der Waals surface area contributed by atoms with Gasteiger partial charge in [0.05, 0.1) is 11.3 Å². The molecule has 0 fully saturated rings. The molecular formula is C20H13F4NOS. The number of hydrogen-bond acceptors (Lipinski definition) is 2. The van der Waals surface area contributed by atoms with Crippen LogP contribution in [-0.2, 0) is 11.0 Å². The van der Waals surface area contributed by atoms with E-state index in [1.54, 1.807) is 12.1 Å². The summed E-state index contributed by atoms with van der Waals surface area (Å²) >= 11 is 1.44. The number of carbonyl (C=O) groups excluding carboxylic acids is 1. The first-order valence-corrected chi connectivity index (χ1v) is 9.05. The van der Waals surface area contributed by atoms with Gasteiger partial charge in [-0.25, -0.2) is 4.39 Å². The summed E-state index contributed by atoms with van der Waals surface area (Å²) in [6.45, 7) is 0. The highest BCUT2D eigenvalue weighted by molar-refractivity contribution is 7.11. The summed E-state index contributed by atoms with van der Waals surface area (Å²) in [5.74, 6) is -0.862. The van der Waals surface area contributed by atoms with Gasteiger partial charge in [-0.1, -0.05) is 24.3 Å². The minimum absolute atomic E-state index is 0.168. The number of alkyl halides is 3. The van der Waals surface area contributed by atoms with Crippen LogP contribution in [0.4, 0.5) is 23.2 Å². The lowest BCUT2D eigenvalue weighted by Crippen LogP contribution is -2.22. The lowest BCUT2D eigenvalue weighted by atomic mass is 9.88. The number of halogens is 4. The highest BCUT2D eigenvalue weighted by atomic mass is 32.1. The first-order chi connectivity index (χ1) is 12.8. The Kier molecular flexibility index (Phi) is 4.26. The molecule has 2 nitrogen and oxygen atoms in total. The van der Waals surface area contributed by atoms with Crippen molar-refractivity contribution in [3.05, 3.63) is 75.7 Å². The van der Waals surface area contributed by atoms with Crippen molar-refractivity contribution in [3.8, 4) is 11.1 Å². The first-order valence-electron chi connectivity index (χ1n) is 8.17. The Labute approximate surface area is 156 Å². The molecule has 0 saturated heterocycles. The van der Waals surface area contributed by atoms with Crippen LogP contribution in [-0.4, -0.2) is 5.91 Å². The van der Waals surface area contributed by atoms with Crippen molar-refractivity contribution in [1.82, 2.24) is 0 Å². The summed E-state index contributed by atoms with van der Waals surface area (Å²) in [5.41, 5.74) is 2.13. The molecule has 1 aliphatic rings. The molecule has 138 valence electrons. The molecule has 0 bridgehead atoms. The van der Waals surface area contributed by atoms with Gasteiger partial charge in [0.2, 0.25) is 5.91 Å². The maximum atomic E-state index is 13.2. The Morgan fingerprint density at radius 2 is 1.67 bits per heavy atom. The fourth-order valence-electron chi connectivity index (χ4n) is 3.24. The molecular weight excluding hydrogens is 378 g/mol. The zero-order chi connectivity index (χ0) is 19.2. The van der Waals surface area contributed by atoms with E-state index in [-0.39, 0.29) is 24.1 Å². The maximum Gasteiger partial charge on any atom is 0.416 e. The number of rotatable bonds is 2. The van der Waals surface area contributed by atoms with E-state index in [0.717, 1.165) is 28.1 Å². The van der Waals surface area contributed by atoms with E-state index in [0.29, 0.717) is 11.3 Å². The second kappa shape index (κ2) is 6.49. The largest absolute Gasteiger partial charge is 0.416 e. The predicted molar refractivity (Wildman–Crippen MR) is 96.2 cm³/mol. The minimum atomic E-state index is -4.40. The van der Waals surface area contributed by atoms with Gasteiger partial charge in [-0.3, -0.25) is 4.79 Å². The zero-order valence-corrected chi connectivity index (χ0v) is 14.6. The first kappa shape index (κ1) is 17.7. The van der Waals surface area contributed by atoms with Gasteiger partial charge in [-0.2, -0.15) is 13.2 Å². The van der Waals surface area contributed by atoms with Crippen LogP contribution in [0.5, 0.6) is 0 Å². The number of hydrogen-bond donors (Lipinski definition) is 1. The van der Waals surface area contributed by atoms with Crippen molar-refractivity contribution in [2.24, 2.45) is 0 Å². The third-order valence-electron chi connectivity index (χ3n) is 4.59. The van der Waals surface area contributed by atoms with Gasteiger partial charge in [0.15, 0.2) is 0 Å². The summed E-state index contributed by atoms with van der Waals surface area (Å²) in [6, 6.07) is 10.9. The molecule has 2 heterocycles. The molecule has 0 aliphatic carbocycles. The second-order valence-corrected chi connectivity index (χ2v) is 7.23. The molecule has 1 amide bonds. The molecule has 1 atom stereocenters. The van der Waals surface area contributed by atoms with Gasteiger partial charge >= 0.3 is 6.18 Å². The van der Waals surface area contributed by atoms with E-state index in [1.807, 2.05) is 5.38 Å². The number of anilines is 1. The SMILES string of the molecule is O=C1C[C@H](c2ccc(C(F)(F)F)cc2)c2scc(-c3ccc(F)cc3)c2N1. The smallest absolute Gasteiger partial charge is 0.325 e. The average molecular weight is 391 g/mol. The second-order valence-electron chi connectivity index (χ2n) is 6.32. The van der Waals surface area contributed by atoms with E-state index in [1.165, 1.54) is 35.6 Å². The lowest BCUT2D eigenvalue weighted by molar-refractivity contribution is -0.137. The number of thiophene rings is 1. The van der Waals surface area contributed by atoms with Crippen LogP contribution in [0, 0.1) is 5.82 Å². The monoisotopic (exact) mass is 391 g/mol. The Balaban J connectivity index is 1.74. The van der Waals surface area contributed by atoms with Crippen molar-refractivity contribution in [1.29, 1.82) is 0 Å². The van der Waals surface area contributed by atoms with Crippen molar-refractivity contribution in [2.45, 2.75) is 18.5 Å². The Bertz CT molecular complexity index is 990. The lowest BCUT2D eigenvalue weighted by Gasteiger charge is -2.24. The van der Waals surface area contributed by atoms with Crippen LogP contribution < -0.4 is 5.32 Å². The van der Waals surface area contributed by atoms with Crippen LogP contribution in [0.3, 0.4) is 0 Å². The van der Waals surface area contributed by atoms with E-state index in [2.05, 4.69) is 5.32 Å². The third kappa shape index (κ3) is 3.35. The maximum absolute atomic E-state index is 13.2. The van der Waals surface area contributed by atoms with Gasteiger partial charge in [-0.05, 0) is 35.4 Å². The highest BCUT2D eigenvalue weighted by Gasteiger charge is 2.33. The number of nitrogens with one attached hydrogen (secondary N) is 1. The third-order valence-corrected chi connectivity index (χ3v) is 5.68. The topological polar surface area (TPSA) is 29.1 Å².